The molecule has 0 saturated carbocycles. The number of nitrogens with zero attached hydrogens (tertiary/aromatic N) is 3. The first-order valence-corrected chi connectivity index (χ1v) is 8.28. The van der Waals surface area contributed by atoms with Crippen LogP contribution in [0.1, 0.15) is 15.9 Å². The van der Waals surface area contributed by atoms with E-state index < -0.39 is 17.7 Å². The van der Waals surface area contributed by atoms with Crippen LogP contribution in [0.5, 0.6) is 0 Å². The molecule has 3 aromatic rings. The summed E-state index contributed by atoms with van der Waals surface area (Å²) in [7, 11) is 1.26. The number of fused-ring (bicyclic) bond motifs is 1. The molecular weight excluding hydrogens is 357 g/mol. The van der Waals surface area contributed by atoms with E-state index in [4.69, 9.17) is 5.26 Å². The van der Waals surface area contributed by atoms with Crippen LogP contribution in [-0.4, -0.2) is 23.6 Å². The van der Waals surface area contributed by atoms with Crippen molar-refractivity contribution in [3.8, 4) is 6.07 Å². The van der Waals surface area contributed by atoms with Crippen LogP contribution in [0.2, 0.25) is 0 Å². The van der Waals surface area contributed by atoms with E-state index in [1.165, 1.54) is 54.1 Å². The number of ether oxygens (including phenoxy) is 1. The molecule has 0 unspecified atom stereocenters. The van der Waals surface area contributed by atoms with Crippen LogP contribution in [0, 0.1) is 17.1 Å². The third kappa shape index (κ3) is 3.53. The molecule has 0 radical (unpaired) electrons. The highest BCUT2D eigenvalue weighted by Crippen LogP contribution is 2.19. The zero-order valence-corrected chi connectivity index (χ0v) is 14.4. The molecule has 0 spiro atoms. The molecular formula is C18H12FN3O3S. The molecule has 1 heterocycles. The topological polar surface area (TPSA) is 84.5 Å². The molecule has 8 heteroatoms. The lowest BCUT2D eigenvalue weighted by atomic mass is 10.1. The fourth-order valence-corrected chi connectivity index (χ4v) is 3.37. The predicted octanol–water partition coefficient (Wildman–Crippen LogP) is 2.63. The van der Waals surface area contributed by atoms with Gasteiger partial charge in [-0.3, -0.25) is 9.59 Å². The SMILES string of the molecule is COC(=O)Cn1c(=NC(=O)c2ccc(C#N)cc2)sc2cc(F)ccc21. The number of methoxy groups -OCH3 is 1. The van der Waals surface area contributed by atoms with E-state index in [1.807, 2.05) is 6.07 Å². The van der Waals surface area contributed by atoms with Crippen LogP contribution in [0.3, 0.4) is 0 Å². The number of hydrogen-bond donors (Lipinski definition) is 0. The Morgan fingerprint density at radius 3 is 2.65 bits per heavy atom. The van der Waals surface area contributed by atoms with Crippen molar-refractivity contribution in [2.24, 2.45) is 4.99 Å². The number of halogens is 1. The van der Waals surface area contributed by atoms with Gasteiger partial charge in [0.15, 0.2) is 4.80 Å². The Bertz CT molecular complexity index is 1110. The van der Waals surface area contributed by atoms with Gasteiger partial charge in [0, 0.05) is 5.56 Å². The number of carbonyl (C=O) groups is 2. The van der Waals surface area contributed by atoms with Crippen molar-refractivity contribution in [2.75, 3.05) is 7.11 Å². The van der Waals surface area contributed by atoms with E-state index >= 15 is 0 Å². The average Bonchev–Trinajstić information content (AvgIpc) is 2.97. The number of hydrogen-bond acceptors (Lipinski definition) is 5. The first kappa shape index (κ1) is 17.5. The fraction of sp³-hybridized carbons (Fsp3) is 0.111. The van der Waals surface area contributed by atoms with Gasteiger partial charge in [-0.2, -0.15) is 10.3 Å². The van der Waals surface area contributed by atoms with E-state index in [0.717, 1.165) is 11.3 Å². The Labute approximate surface area is 151 Å². The minimum Gasteiger partial charge on any atom is -0.468 e. The molecule has 0 aliphatic carbocycles. The maximum atomic E-state index is 13.5. The van der Waals surface area contributed by atoms with Gasteiger partial charge in [0.25, 0.3) is 5.91 Å². The number of rotatable bonds is 3. The van der Waals surface area contributed by atoms with Crippen LogP contribution in [0.25, 0.3) is 10.2 Å². The maximum Gasteiger partial charge on any atom is 0.325 e. The fourth-order valence-electron chi connectivity index (χ4n) is 2.32. The summed E-state index contributed by atoms with van der Waals surface area (Å²) < 4.78 is 20.2. The van der Waals surface area contributed by atoms with Crippen LogP contribution in [0.15, 0.2) is 47.5 Å². The molecule has 0 atom stereocenters. The van der Waals surface area contributed by atoms with E-state index in [9.17, 15) is 14.0 Å². The Hall–Kier alpha value is -3.31. The summed E-state index contributed by atoms with van der Waals surface area (Å²) in [5, 5.41) is 8.81. The van der Waals surface area contributed by atoms with Crippen molar-refractivity contribution in [3.05, 3.63) is 64.2 Å². The van der Waals surface area contributed by atoms with Crippen LogP contribution in [-0.2, 0) is 16.1 Å². The molecule has 130 valence electrons. The normalized spacial score (nSPS) is 11.3. The van der Waals surface area contributed by atoms with Crippen molar-refractivity contribution >= 4 is 33.4 Å². The molecule has 6 nitrogen and oxygen atoms in total. The van der Waals surface area contributed by atoms with Gasteiger partial charge in [0.1, 0.15) is 12.4 Å². The molecule has 0 N–H and O–H groups in total. The van der Waals surface area contributed by atoms with Gasteiger partial charge in [-0.25, -0.2) is 4.39 Å². The highest BCUT2D eigenvalue weighted by molar-refractivity contribution is 7.16. The van der Waals surface area contributed by atoms with Crippen molar-refractivity contribution < 1.29 is 18.7 Å². The van der Waals surface area contributed by atoms with Crippen molar-refractivity contribution in [2.45, 2.75) is 6.54 Å². The highest BCUT2D eigenvalue weighted by Gasteiger charge is 2.13. The van der Waals surface area contributed by atoms with Gasteiger partial charge >= 0.3 is 5.97 Å². The summed E-state index contributed by atoms with van der Waals surface area (Å²) in [6, 6.07) is 12.1. The molecule has 26 heavy (non-hydrogen) atoms. The molecule has 0 fully saturated rings. The maximum absolute atomic E-state index is 13.5. The predicted molar refractivity (Wildman–Crippen MR) is 92.8 cm³/mol. The van der Waals surface area contributed by atoms with Gasteiger partial charge in [0.2, 0.25) is 0 Å². The second kappa shape index (κ2) is 7.29. The van der Waals surface area contributed by atoms with Gasteiger partial charge in [-0.05, 0) is 42.5 Å². The first-order valence-electron chi connectivity index (χ1n) is 7.47. The van der Waals surface area contributed by atoms with E-state index in [-0.39, 0.29) is 11.3 Å². The summed E-state index contributed by atoms with van der Waals surface area (Å²) in [5.74, 6) is -1.46. The molecule has 1 aromatic heterocycles. The number of esters is 1. The molecule has 0 aliphatic heterocycles. The third-order valence-electron chi connectivity index (χ3n) is 3.62. The minimum absolute atomic E-state index is 0.151. The number of nitriles is 1. The third-order valence-corrected chi connectivity index (χ3v) is 4.66. The minimum atomic E-state index is -0.528. The van der Waals surface area contributed by atoms with Crippen LogP contribution >= 0.6 is 11.3 Å². The lowest BCUT2D eigenvalue weighted by molar-refractivity contribution is -0.141. The molecule has 3 rings (SSSR count). The van der Waals surface area contributed by atoms with E-state index in [0.29, 0.717) is 21.3 Å². The Balaban J connectivity index is 2.10. The van der Waals surface area contributed by atoms with E-state index in [1.54, 1.807) is 0 Å². The smallest absolute Gasteiger partial charge is 0.325 e. The van der Waals surface area contributed by atoms with Crippen LogP contribution in [0.4, 0.5) is 4.39 Å². The van der Waals surface area contributed by atoms with Crippen molar-refractivity contribution in [1.82, 2.24) is 4.57 Å². The number of aromatic nitrogens is 1. The lowest BCUT2D eigenvalue weighted by Gasteiger charge is -2.03. The van der Waals surface area contributed by atoms with Crippen molar-refractivity contribution in [3.63, 3.8) is 0 Å². The number of carbonyl (C=O) groups excluding carboxylic acids is 2. The quantitative estimate of drug-likeness (QED) is 0.665. The van der Waals surface area contributed by atoms with Crippen LogP contribution < -0.4 is 4.80 Å². The second-order valence-electron chi connectivity index (χ2n) is 5.27. The Morgan fingerprint density at radius 2 is 2.00 bits per heavy atom. The zero-order valence-electron chi connectivity index (χ0n) is 13.6. The average molecular weight is 369 g/mol. The van der Waals surface area contributed by atoms with Gasteiger partial charge in [-0.15, -0.1) is 0 Å². The molecule has 0 saturated heterocycles. The second-order valence-corrected chi connectivity index (χ2v) is 6.27. The van der Waals surface area contributed by atoms with Gasteiger partial charge in [0.05, 0.1) is 29.0 Å². The Morgan fingerprint density at radius 1 is 1.27 bits per heavy atom. The largest absolute Gasteiger partial charge is 0.468 e. The standard InChI is InChI=1S/C18H12FN3O3S/c1-25-16(23)10-22-14-7-6-13(19)8-15(14)26-18(22)21-17(24)12-4-2-11(9-20)3-5-12/h2-8H,10H2,1H3. The van der Waals surface area contributed by atoms with Gasteiger partial charge < -0.3 is 9.30 Å². The van der Waals surface area contributed by atoms with Crippen molar-refractivity contribution in [1.29, 1.82) is 5.26 Å². The summed E-state index contributed by atoms with van der Waals surface area (Å²) >= 11 is 1.10. The lowest BCUT2D eigenvalue weighted by Crippen LogP contribution is -2.22. The summed E-state index contributed by atoms with van der Waals surface area (Å²) in [6.07, 6.45) is 0. The number of thiazole rings is 1. The summed E-state index contributed by atoms with van der Waals surface area (Å²) in [5.41, 5.74) is 1.31. The number of amides is 1. The molecule has 1 amide bonds. The monoisotopic (exact) mass is 369 g/mol. The van der Waals surface area contributed by atoms with Gasteiger partial charge in [-0.1, -0.05) is 11.3 Å². The zero-order chi connectivity index (χ0) is 18.7. The molecule has 0 bridgehead atoms. The number of benzene rings is 2. The highest BCUT2D eigenvalue weighted by atomic mass is 32.1. The summed E-state index contributed by atoms with van der Waals surface area (Å²) in [4.78, 5) is 28.4. The Kier molecular flexibility index (Phi) is 4.91. The summed E-state index contributed by atoms with van der Waals surface area (Å²) in [6.45, 7) is -0.151. The molecule has 0 aliphatic rings. The van der Waals surface area contributed by atoms with E-state index in [2.05, 4.69) is 9.73 Å². The molecule has 2 aromatic carbocycles. The first-order chi connectivity index (χ1) is 12.5.